The number of rotatable bonds is 3. The maximum Gasteiger partial charge on any atom is 0.104 e. The van der Waals surface area contributed by atoms with Gasteiger partial charge < -0.3 is 25.4 Å². The van der Waals surface area contributed by atoms with Crippen LogP contribution in [-0.4, -0.2) is 63.4 Å². The highest BCUT2D eigenvalue weighted by molar-refractivity contribution is 5.82. The van der Waals surface area contributed by atoms with Crippen LogP contribution >= 0.6 is 0 Å². The second kappa shape index (κ2) is 7.71. The van der Waals surface area contributed by atoms with Crippen LogP contribution < -0.4 is 5.32 Å². The Kier molecular flexibility index (Phi) is 4.94. The summed E-state index contributed by atoms with van der Waals surface area (Å²) in [6.07, 6.45) is 10.0. The van der Waals surface area contributed by atoms with E-state index in [1.165, 1.54) is 5.56 Å². The first-order valence-corrected chi connectivity index (χ1v) is 13.5. The number of pyridine rings is 1. The van der Waals surface area contributed by atoms with Gasteiger partial charge in [-0.25, -0.2) is 0 Å². The van der Waals surface area contributed by atoms with Crippen LogP contribution in [0.5, 0.6) is 0 Å². The molecule has 2 aromatic rings. The fraction of sp³-hybridized carbons (Fsp3) is 0.567. The molecule has 6 heteroatoms. The van der Waals surface area contributed by atoms with Gasteiger partial charge in [-0.3, -0.25) is 4.98 Å². The second-order valence-electron chi connectivity index (χ2n) is 12.2. The molecule has 6 nitrogen and oxygen atoms in total. The van der Waals surface area contributed by atoms with E-state index >= 15 is 0 Å². The van der Waals surface area contributed by atoms with Gasteiger partial charge in [0.25, 0.3) is 0 Å². The zero-order valence-corrected chi connectivity index (χ0v) is 21.0. The summed E-state index contributed by atoms with van der Waals surface area (Å²) >= 11 is 0. The molecule has 5 aliphatic rings. The van der Waals surface area contributed by atoms with Gasteiger partial charge >= 0.3 is 0 Å². The van der Waals surface area contributed by atoms with Crippen LogP contribution in [0.1, 0.15) is 50.5 Å². The Bertz CT molecular complexity index is 1290. The smallest absolute Gasteiger partial charge is 0.104 e. The lowest BCUT2D eigenvalue weighted by Gasteiger charge is -2.55. The summed E-state index contributed by atoms with van der Waals surface area (Å²) in [4.78, 5) is 4.31. The number of aliphatic hydroxyl groups excluding tert-OH is 3. The number of hydrogen-bond acceptors (Lipinski definition) is 6. The number of ether oxygens (including phenoxy) is 1. The zero-order valence-electron chi connectivity index (χ0n) is 21.0. The predicted molar refractivity (Wildman–Crippen MR) is 137 cm³/mol. The normalized spacial score (nSPS) is 45.0. The van der Waals surface area contributed by atoms with E-state index in [1.807, 2.05) is 25.5 Å². The molecule has 2 saturated carbocycles. The van der Waals surface area contributed by atoms with E-state index in [0.29, 0.717) is 19.4 Å². The lowest BCUT2D eigenvalue weighted by molar-refractivity contribution is -0.163. The highest BCUT2D eigenvalue weighted by Crippen LogP contribution is 2.69. The number of benzene rings is 1. The third-order valence-corrected chi connectivity index (χ3v) is 10.5. The minimum absolute atomic E-state index is 0.0145. The number of allylic oxidation sites excluding steroid dienone is 1. The molecule has 0 radical (unpaired) electrons. The molecule has 2 bridgehead atoms. The van der Waals surface area contributed by atoms with Crippen LogP contribution in [0.3, 0.4) is 0 Å². The van der Waals surface area contributed by atoms with Crippen molar-refractivity contribution in [3.63, 3.8) is 0 Å². The average molecular weight is 489 g/mol. The van der Waals surface area contributed by atoms with Crippen molar-refractivity contribution in [2.75, 3.05) is 13.6 Å². The largest absolute Gasteiger partial charge is 0.392 e. The Hall–Kier alpha value is -2.09. The van der Waals surface area contributed by atoms with E-state index < -0.39 is 29.5 Å². The van der Waals surface area contributed by atoms with Crippen molar-refractivity contribution in [2.24, 2.45) is 17.3 Å². The third-order valence-electron chi connectivity index (χ3n) is 10.5. The number of nitrogens with zero attached hydrogens (tertiary/aromatic N) is 1. The molecule has 3 aliphatic carbocycles. The van der Waals surface area contributed by atoms with Gasteiger partial charge in [-0.05, 0) is 78.8 Å². The topological polar surface area (TPSA) is 94.8 Å². The molecule has 0 amide bonds. The molecule has 3 heterocycles. The van der Waals surface area contributed by atoms with E-state index in [4.69, 9.17) is 4.74 Å². The minimum atomic E-state index is -0.907. The predicted octanol–water partition coefficient (Wildman–Crippen LogP) is 3.22. The molecule has 190 valence electrons. The molecule has 1 aromatic carbocycles. The number of hydrogen-bond donors (Lipinski definition) is 4. The summed E-state index contributed by atoms with van der Waals surface area (Å²) in [6, 6.07) is 8.55. The molecule has 7 rings (SSSR count). The van der Waals surface area contributed by atoms with Gasteiger partial charge in [-0.2, -0.15) is 0 Å². The van der Waals surface area contributed by atoms with Crippen molar-refractivity contribution >= 4 is 10.8 Å². The fourth-order valence-corrected chi connectivity index (χ4v) is 8.93. The first-order valence-electron chi connectivity index (χ1n) is 13.5. The van der Waals surface area contributed by atoms with Gasteiger partial charge in [0.2, 0.25) is 0 Å². The van der Waals surface area contributed by atoms with E-state index in [2.05, 4.69) is 47.6 Å². The number of fused-ring (bicyclic) bond motifs is 2. The summed E-state index contributed by atoms with van der Waals surface area (Å²) in [5.41, 5.74) is 2.03. The quantitative estimate of drug-likeness (QED) is 0.530. The highest BCUT2D eigenvalue weighted by atomic mass is 16.5. The molecular formula is C30H36N2O4. The summed E-state index contributed by atoms with van der Waals surface area (Å²) in [5.74, 6) is 0.130. The summed E-state index contributed by atoms with van der Waals surface area (Å²) in [7, 11) is 1.89. The first-order chi connectivity index (χ1) is 17.3. The lowest BCUT2D eigenvalue weighted by Crippen LogP contribution is -2.59. The maximum atomic E-state index is 11.6. The Labute approximate surface area is 212 Å². The highest BCUT2D eigenvalue weighted by Gasteiger charge is 2.69. The van der Waals surface area contributed by atoms with Gasteiger partial charge in [-0.15, -0.1) is 0 Å². The summed E-state index contributed by atoms with van der Waals surface area (Å²) < 4.78 is 7.20. The van der Waals surface area contributed by atoms with Gasteiger partial charge in [0.15, 0.2) is 0 Å². The van der Waals surface area contributed by atoms with Crippen molar-refractivity contribution in [3.8, 4) is 0 Å². The van der Waals surface area contributed by atoms with Crippen molar-refractivity contribution in [1.82, 2.24) is 10.3 Å². The minimum Gasteiger partial charge on any atom is -0.392 e. The molecular weight excluding hydrogens is 452 g/mol. The van der Waals surface area contributed by atoms with Gasteiger partial charge in [0.1, 0.15) is 6.10 Å². The molecule has 2 spiro atoms. The van der Waals surface area contributed by atoms with Crippen molar-refractivity contribution in [3.05, 3.63) is 65.5 Å². The van der Waals surface area contributed by atoms with Crippen LogP contribution in [0.15, 0.2) is 60.0 Å². The first kappa shape index (κ1) is 23.1. The summed E-state index contributed by atoms with van der Waals surface area (Å²) in [6.45, 7) is 2.98. The fourth-order valence-electron chi connectivity index (χ4n) is 8.93. The van der Waals surface area contributed by atoms with Gasteiger partial charge in [0.05, 0.1) is 23.4 Å². The molecule has 1 aromatic heterocycles. The van der Waals surface area contributed by atoms with Crippen LogP contribution in [-0.2, 0) is 4.74 Å². The Morgan fingerprint density at radius 2 is 2.00 bits per heavy atom. The number of aromatic nitrogens is 1. The van der Waals surface area contributed by atoms with Crippen LogP contribution in [0, 0.1) is 17.3 Å². The van der Waals surface area contributed by atoms with Crippen molar-refractivity contribution < 1.29 is 20.1 Å². The van der Waals surface area contributed by atoms with E-state index in [9.17, 15) is 15.3 Å². The molecule has 3 fully saturated rings. The second-order valence-corrected chi connectivity index (χ2v) is 12.2. The van der Waals surface area contributed by atoms with E-state index in [-0.39, 0.29) is 23.2 Å². The van der Waals surface area contributed by atoms with Gasteiger partial charge in [-0.1, -0.05) is 31.2 Å². The maximum absolute atomic E-state index is 11.6. The Balaban J connectivity index is 1.30. The molecule has 2 aliphatic heterocycles. The molecule has 1 saturated heterocycles. The Morgan fingerprint density at radius 1 is 1.14 bits per heavy atom. The van der Waals surface area contributed by atoms with Gasteiger partial charge in [0, 0.05) is 42.1 Å². The van der Waals surface area contributed by atoms with Crippen molar-refractivity contribution in [1.29, 1.82) is 0 Å². The van der Waals surface area contributed by atoms with E-state index in [1.54, 1.807) is 0 Å². The molecule has 0 unspecified atom stereocenters. The van der Waals surface area contributed by atoms with Crippen LogP contribution in [0.25, 0.3) is 10.8 Å². The van der Waals surface area contributed by atoms with E-state index in [0.717, 1.165) is 41.2 Å². The molecule has 4 N–H and O–H groups in total. The van der Waals surface area contributed by atoms with Crippen LogP contribution in [0.4, 0.5) is 0 Å². The molecule has 36 heavy (non-hydrogen) atoms. The van der Waals surface area contributed by atoms with Crippen molar-refractivity contribution in [2.45, 2.75) is 74.5 Å². The zero-order chi connectivity index (χ0) is 24.9. The average Bonchev–Trinajstić information content (AvgIpc) is 3.33. The number of aliphatic hydroxyl groups is 3. The number of nitrogens with one attached hydrogen (secondary N) is 1. The summed E-state index contributed by atoms with van der Waals surface area (Å²) in [5, 5.41) is 39.0. The lowest BCUT2D eigenvalue weighted by atomic mass is 9.58. The standard InChI is InChI=1S/C30H36N2O4/c1-28-7-5-21-12-22-27(35)26(34)20(15-31-2)14-29(22)8-9-30(21,36-29)24(28)13-23(33)25(28)18-4-3-17-6-10-32-16-19(17)11-18/h3-6,10-12,16,20,23-27,31,33-35H,7-9,13-15H2,1-2H3/t20-,23+,24-,25+,26-,27-,28+,29-,30-/m1/s1. The Morgan fingerprint density at radius 3 is 2.83 bits per heavy atom. The SMILES string of the molecule is CNC[C@H]1C[C@@]23CC[C@@]4(O2)C(=CC[C@@]2(C)[C@H]4C[C@H](O)[C@@H]2c2ccc4ccncc4c2)C=C3[C@@H](O)[C@@H]1O. The van der Waals surface area contributed by atoms with Crippen LogP contribution in [0.2, 0.25) is 0 Å². The molecule has 9 atom stereocenters. The third kappa shape index (κ3) is 2.88. The monoisotopic (exact) mass is 488 g/mol.